The van der Waals surface area contributed by atoms with Crippen LogP contribution in [0.1, 0.15) is 31.2 Å². The quantitative estimate of drug-likeness (QED) is 0.927. The van der Waals surface area contributed by atoms with E-state index in [1.807, 2.05) is 13.8 Å². The second-order valence-electron chi connectivity index (χ2n) is 4.73. The molecular weight excluding hydrogens is 281 g/mol. The molecule has 2 N–H and O–H groups in total. The molecule has 0 spiro atoms. The van der Waals surface area contributed by atoms with E-state index in [0.29, 0.717) is 28.8 Å². The zero-order chi connectivity index (χ0) is 14.9. The topological polar surface area (TPSA) is 61.0 Å². The monoisotopic (exact) mass is 295 g/mol. The molecule has 0 aliphatic rings. The fourth-order valence-electron chi connectivity index (χ4n) is 1.54. The summed E-state index contributed by atoms with van der Waals surface area (Å²) in [6.45, 7) is 5.69. The van der Waals surface area contributed by atoms with Gasteiger partial charge >= 0.3 is 0 Å². The maximum absolute atomic E-state index is 13.1. The molecule has 0 amide bonds. The fraction of sp³-hybridized carbons (Fsp3) is 0.286. The summed E-state index contributed by atoms with van der Waals surface area (Å²) in [5, 5.41) is -0.00809. The molecule has 20 heavy (non-hydrogen) atoms. The highest BCUT2D eigenvalue weighted by molar-refractivity contribution is 6.30. The zero-order valence-corrected chi connectivity index (χ0v) is 12.2. The summed E-state index contributed by atoms with van der Waals surface area (Å²) < 4.78 is 18.8. The summed E-state index contributed by atoms with van der Waals surface area (Å²) >= 11 is 5.72. The number of hydrogen-bond acceptors (Lipinski definition) is 4. The van der Waals surface area contributed by atoms with Crippen LogP contribution in [0.3, 0.4) is 0 Å². The van der Waals surface area contributed by atoms with Crippen LogP contribution in [0.2, 0.25) is 5.02 Å². The zero-order valence-electron chi connectivity index (χ0n) is 11.4. The lowest BCUT2D eigenvalue weighted by Crippen LogP contribution is -2.06. The molecule has 0 radical (unpaired) electrons. The fourth-order valence-corrected chi connectivity index (χ4v) is 1.71. The minimum Gasteiger partial charge on any atom is -0.438 e. The highest BCUT2D eigenvalue weighted by Gasteiger charge is 2.13. The first-order chi connectivity index (χ1) is 9.38. The SMILES string of the molecule is Cc1c(N)nc(C(C)C)nc1Oc1ccc(F)c(Cl)c1. The molecule has 106 valence electrons. The highest BCUT2D eigenvalue weighted by atomic mass is 35.5. The Balaban J connectivity index is 2.39. The smallest absolute Gasteiger partial charge is 0.227 e. The van der Waals surface area contributed by atoms with Gasteiger partial charge in [0, 0.05) is 12.0 Å². The number of aromatic nitrogens is 2. The molecule has 0 aliphatic carbocycles. The van der Waals surface area contributed by atoms with Gasteiger partial charge in [-0.1, -0.05) is 25.4 Å². The Kier molecular flexibility index (Phi) is 4.09. The van der Waals surface area contributed by atoms with Crippen molar-refractivity contribution in [1.82, 2.24) is 9.97 Å². The van der Waals surface area contributed by atoms with E-state index in [9.17, 15) is 4.39 Å². The third kappa shape index (κ3) is 2.99. The second kappa shape index (κ2) is 5.63. The number of nitrogens with zero attached hydrogens (tertiary/aromatic N) is 2. The van der Waals surface area contributed by atoms with Gasteiger partial charge in [0.25, 0.3) is 0 Å². The molecule has 0 bridgehead atoms. The van der Waals surface area contributed by atoms with E-state index in [1.165, 1.54) is 18.2 Å². The predicted molar refractivity (Wildman–Crippen MR) is 76.8 cm³/mol. The van der Waals surface area contributed by atoms with Crippen LogP contribution in [0.25, 0.3) is 0 Å². The second-order valence-corrected chi connectivity index (χ2v) is 5.14. The van der Waals surface area contributed by atoms with Crippen molar-refractivity contribution in [1.29, 1.82) is 0 Å². The van der Waals surface area contributed by atoms with E-state index < -0.39 is 5.82 Å². The number of nitrogen functional groups attached to an aromatic ring is 1. The van der Waals surface area contributed by atoms with E-state index in [-0.39, 0.29) is 10.9 Å². The van der Waals surface area contributed by atoms with Crippen LogP contribution < -0.4 is 10.5 Å². The molecule has 4 nitrogen and oxygen atoms in total. The van der Waals surface area contributed by atoms with Gasteiger partial charge in [-0.05, 0) is 19.1 Å². The van der Waals surface area contributed by atoms with E-state index in [2.05, 4.69) is 9.97 Å². The standard InChI is InChI=1S/C14H15ClFN3O/c1-7(2)13-18-12(17)8(3)14(19-13)20-9-4-5-11(16)10(15)6-9/h4-7H,1-3H3,(H2,17,18,19). The Morgan fingerprint density at radius 3 is 2.60 bits per heavy atom. The molecule has 1 aromatic heterocycles. The number of benzene rings is 1. The van der Waals surface area contributed by atoms with Crippen LogP contribution in [0.5, 0.6) is 11.6 Å². The number of halogens is 2. The molecule has 0 saturated heterocycles. The molecular formula is C14H15ClFN3O. The Morgan fingerprint density at radius 1 is 1.30 bits per heavy atom. The van der Waals surface area contributed by atoms with Crippen LogP contribution in [0.15, 0.2) is 18.2 Å². The Hall–Kier alpha value is -1.88. The van der Waals surface area contributed by atoms with Crippen molar-refractivity contribution in [2.75, 3.05) is 5.73 Å². The number of rotatable bonds is 3. The molecule has 0 saturated carbocycles. The molecule has 2 aromatic rings. The largest absolute Gasteiger partial charge is 0.438 e. The third-order valence-electron chi connectivity index (χ3n) is 2.78. The van der Waals surface area contributed by atoms with Crippen LogP contribution in [0, 0.1) is 12.7 Å². The lowest BCUT2D eigenvalue weighted by Gasteiger charge is -2.12. The van der Waals surface area contributed by atoms with Crippen molar-refractivity contribution in [3.8, 4) is 11.6 Å². The van der Waals surface area contributed by atoms with E-state index in [0.717, 1.165) is 0 Å². The van der Waals surface area contributed by atoms with Crippen LogP contribution >= 0.6 is 11.6 Å². The van der Waals surface area contributed by atoms with Crippen molar-refractivity contribution < 1.29 is 9.13 Å². The molecule has 0 unspecified atom stereocenters. The predicted octanol–water partition coefficient (Wildman–Crippen LogP) is 4.08. The van der Waals surface area contributed by atoms with Crippen LogP contribution in [0.4, 0.5) is 10.2 Å². The molecule has 1 aromatic carbocycles. The Labute approximate surface area is 121 Å². The number of nitrogens with two attached hydrogens (primary N) is 1. The summed E-state index contributed by atoms with van der Waals surface area (Å²) in [6.07, 6.45) is 0. The highest BCUT2D eigenvalue weighted by Crippen LogP contribution is 2.29. The molecule has 0 aliphatic heterocycles. The Bertz CT molecular complexity index is 647. The van der Waals surface area contributed by atoms with Crippen LogP contribution in [-0.4, -0.2) is 9.97 Å². The number of ether oxygens (including phenoxy) is 1. The van der Waals surface area contributed by atoms with Gasteiger partial charge in [-0.15, -0.1) is 0 Å². The summed E-state index contributed by atoms with van der Waals surface area (Å²) in [6, 6.07) is 4.11. The van der Waals surface area contributed by atoms with E-state index in [4.69, 9.17) is 22.1 Å². The summed E-state index contributed by atoms with van der Waals surface area (Å²) in [5.74, 6) is 1.33. The molecule has 0 atom stereocenters. The lowest BCUT2D eigenvalue weighted by molar-refractivity contribution is 0.452. The molecule has 2 rings (SSSR count). The lowest BCUT2D eigenvalue weighted by atomic mass is 10.2. The normalized spacial score (nSPS) is 10.9. The Morgan fingerprint density at radius 2 is 2.00 bits per heavy atom. The van der Waals surface area contributed by atoms with Crippen LogP contribution in [-0.2, 0) is 0 Å². The molecule has 6 heteroatoms. The first-order valence-corrected chi connectivity index (χ1v) is 6.53. The summed E-state index contributed by atoms with van der Waals surface area (Å²) in [4.78, 5) is 8.54. The summed E-state index contributed by atoms with van der Waals surface area (Å²) in [7, 11) is 0. The number of anilines is 1. The van der Waals surface area contributed by atoms with Gasteiger partial charge in [-0.3, -0.25) is 0 Å². The van der Waals surface area contributed by atoms with Gasteiger partial charge in [-0.2, -0.15) is 4.98 Å². The van der Waals surface area contributed by atoms with Crippen molar-refractivity contribution in [3.63, 3.8) is 0 Å². The van der Waals surface area contributed by atoms with E-state index >= 15 is 0 Å². The third-order valence-corrected chi connectivity index (χ3v) is 3.07. The maximum atomic E-state index is 13.1. The molecule has 0 fully saturated rings. The minimum atomic E-state index is -0.499. The van der Waals surface area contributed by atoms with Gasteiger partial charge in [0.15, 0.2) is 0 Å². The van der Waals surface area contributed by atoms with Gasteiger partial charge in [0.05, 0.1) is 10.6 Å². The van der Waals surface area contributed by atoms with Gasteiger partial charge in [0.1, 0.15) is 23.2 Å². The van der Waals surface area contributed by atoms with Gasteiger partial charge in [-0.25, -0.2) is 9.37 Å². The minimum absolute atomic E-state index is 0.00809. The van der Waals surface area contributed by atoms with Crippen molar-refractivity contribution in [2.45, 2.75) is 26.7 Å². The summed E-state index contributed by atoms with van der Waals surface area (Å²) in [5.41, 5.74) is 6.48. The average Bonchev–Trinajstić information content (AvgIpc) is 2.38. The number of hydrogen-bond donors (Lipinski definition) is 1. The van der Waals surface area contributed by atoms with Crippen molar-refractivity contribution in [3.05, 3.63) is 40.4 Å². The van der Waals surface area contributed by atoms with Crippen molar-refractivity contribution >= 4 is 17.4 Å². The average molecular weight is 296 g/mol. The van der Waals surface area contributed by atoms with Gasteiger partial charge < -0.3 is 10.5 Å². The van der Waals surface area contributed by atoms with E-state index in [1.54, 1.807) is 6.92 Å². The first kappa shape index (κ1) is 14.5. The molecule has 1 heterocycles. The maximum Gasteiger partial charge on any atom is 0.227 e. The van der Waals surface area contributed by atoms with Crippen molar-refractivity contribution in [2.24, 2.45) is 0 Å². The van der Waals surface area contributed by atoms with Gasteiger partial charge in [0.2, 0.25) is 5.88 Å². The first-order valence-electron chi connectivity index (χ1n) is 6.15.